The number of allylic oxidation sites excluding steroid dienone is 1. The largest absolute Gasteiger partial charge is 0.513 e. The number of carbonyl (C=O) groups is 1. The molecule has 1 atom stereocenters. The number of sulfone groups is 1. The van der Waals surface area contributed by atoms with E-state index < -0.39 is 48.4 Å². The number of halogens is 3. The number of nitrogens with zero attached hydrogens (tertiary/aromatic N) is 2. The summed E-state index contributed by atoms with van der Waals surface area (Å²) >= 11 is 0. The summed E-state index contributed by atoms with van der Waals surface area (Å²) < 4.78 is 94.8. The van der Waals surface area contributed by atoms with E-state index >= 15 is 0 Å². The van der Waals surface area contributed by atoms with E-state index in [4.69, 9.17) is 5.11 Å². The summed E-state index contributed by atoms with van der Waals surface area (Å²) in [4.78, 5) is 15.8. The van der Waals surface area contributed by atoms with E-state index in [9.17, 15) is 34.8 Å². The summed E-state index contributed by atoms with van der Waals surface area (Å²) in [5.74, 6) is -1.52. The number of alkyl halides is 3. The standard InChI is InChI=1S/C32H38F3N3O6S2/c1-4-25-22-36-16-14-28(25)27-10-7-9-26(21-27)24(3)38(46(43,44)30-12-6-5-11-29(30)32(33,34)35)18-8-13-31(40)37-17-20-45(41,42)19-15-23(2)39/h5-7,9-12,14,16,21-22,24,39H,2,4,8,13,15,17-20H2,1,3H3,(H,37,40)/t24-/m0/s1. The van der Waals surface area contributed by atoms with Crippen LogP contribution in [0.3, 0.4) is 0 Å². The van der Waals surface area contributed by atoms with Crippen molar-refractivity contribution in [1.82, 2.24) is 14.6 Å². The number of aryl methyl sites for hydroxylation is 1. The van der Waals surface area contributed by atoms with Crippen molar-refractivity contribution in [1.29, 1.82) is 0 Å². The van der Waals surface area contributed by atoms with Crippen molar-refractivity contribution >= 4 is 25.8 Å². The number of carbonyl (C=O) groups excluding carboxylic acids is 1. The van der Waals surface area contributed by atoms with Gasteiger partial charge in [0.05, 0.1) is 27.7 Å². The fourth-order valence-corrected chi connectivity index (χ4v) is 7.94. The van der Waals surface area contributed by atoms with E-state index in [2.05, 4.69) is 16.9 Å². The third kappa shape index (κ3) is 9.87. The Balaban J connectivity index is 1.87. The van der Waals surface area contributed by atoms with Crippen LogP contribution in [0.5, 0.6) is 0 Å². The Morgan fingerprint density at radius 3 is 2.43 bits per heavy atom. The minimum Gasteiger partial charge on any atom is -0.513 e. The molecule has 0 aliphatic carbocycles. The predicted molar refractivity (Wildman–Crippen MR) is 170 cm³/mol. The minimum atomic E-state index is -4.93. The quantitative estimate of drug-likeness (QED) is 0.181. The summed E-state index contributed by atoms with van der Waals surface area (Å²) in [5, 5.41) is 11.6. The average Bonchev–Trinajstić information content (AvgIpc) is 3.01. The molecule has 14 heteroatoms. The van der Waals surface area contributed by atoms with Gasteiger partial charge in [-0.25, -0.2) is 16.8 Å². The third-order valence-electron chi connectivity index (χ3n) is 7.39. The van der Waals surface area contributed by atoms with Crippen molar-refractivity contribution in [2.75, 3.05) is 24.6 Å². The molecule has 0 fully saturated rings. The number of sulfonamides is 1. The van der Waals surface area contributed by atoms with Gasteiger partial charge >= 0.3 is 6.18 Å². The minimum absolute atomic E-state index is 0.0509. The maximum atomic E-state index is 14.0. The van der Waals surface area contributed by atoms with Gasteiger partial charge in [0.25, 0.3) is 0 Å². The van der Waals surface area contributed by atoms with Crippen molar-refractivity contribution < 1.29 is 39.9 Å². The van der Waals surface area contributed by atoms with Crippen molar-refractivity contribution in [3.63, 3.8) is 0 Å². The molecule has 0 bridgehead atoms. The van der Waals surface area contributed by atoms with Crippen LogP contribution < -0.4 is 5.32 Å². The number of benzene rings is 2. The van der Waals surface area contributed by atoms with E-state index in [0.29, 0.717) is 18.1 Å². The van der Waals surface area contributed by atoms with Crippen LogP contribution in [0, 0.1) is 0 Å². The fourth-order valence-electron chi connectivity index (χ4n) is 4.90. The maximum absolute atomic E-state index is 14.0. The number of hydrogen-bond acceptors (Lipinski definition) is 7. The van der Waals surface area contributed by atoms with Gasteiger partial charge in [0.15, 0.2) is 9.84 Å². The van der Waals surface area contributed by atoms with Crippen LogP contribution in [-0.2, 0) is 37.3 Å². The van der Waals surface area contributed by atoms with Gasteiger partial charge < -0.3 is 10.4 Å². The third-order valence-corrected chi connectivity index (χ3v) is 11.1. The second kappa shape index (κ2) is 15.7. The number of aromatic nitrogens is 1. The van der Waals surface area contributed by atoms with Crippen LogP contribution in [0.1, 0.15) is 55.8 Å². The van der Waals surface area contributed by atoms with Crippen LogP contribution in [0.4, 0.5) is 13.2 Å². The Bertz CT molecular complexity index is 1750. The molecule has 1 aromatic heterocycles. The second-order valence-electron chi connectivity index (χ2n) is 10.7. The van der Waals surface area contributed by atoms with Gasteiger partial charge in [-0.2, -0.15) is 17.5 Å². The van der Waals surface area contributed by atoms with Crippen molar-refractivity contribution in [3.8, 4) is 11.1 Å². The van der Waals surface area contributed by atoms with Gasteiger partial charge in [0.1, 0.15) is 0 Å². The normalized spacial score (nSPS) is 13.0. The van der Waals surface area contributed by atoms with Crippen LogP contribution in [0.25, 0.3) is 11.1 Å². The number of aliphatic hydroxyl groups excluding tert-OH is 1. The highest BCUT2D eigenvalue weighted by Crippen LogP contribution is 2.38. The number of hydrogen-bond donors (Lipinski definition) is 2. The molecule has 2 aromatic carbocycles. The molecule has 0 radical (unpaired) electrons. The number of pyridine rings is 1. The van der Waals surface area contributed by atoms with E-state index in [1.54, 1.807) is 37.5 Å². The van der Waals surface area contributed by atoms with Crippen LogP contribution in [0.15, 0.2) is 84.2 Å². The molecule has 2 N–H and O–H groups in total. The van der Waals surface area contributed by atoms with Gasteiger partial charge in [-0.15, -0.1) is 0 Å². The topological polar surface area (TPSA) is 134 Å². The molecule has 0 unspecified atom stereocenters. The Labute approximate surface area is 268 Å². The Morgan fingerprint density at radius 2 is 1.76 bits per heavy atom. The Morgan fingerprint density at radius 1 is 1.04 bits per heavy atom. The zero-order chi connectivity index (χ0) is 34.1. The summed E-state index contributed by atoms with van der Waals surface area (Å²) in [7, 11) is -8.30. The van der Waals surface area contributed by atoms with E-state index in [1.807, 2.05) is 19.1 Å². The lowest BCUT2D eigenvalue weighted by Crippen LogP contribution is -2.36. The van der Waals surface area contributed by atoms with Crippen molar-refractivity contribution in [2.24, 2.45) is 0 Å². The fraction of sp³-hybridized carbons (Fsp3) is 0.375. The lowest BCUT2D eigenvalue weighted by atomic mass is 9.97. The summed E-state index contributed by atoms with van der Waals surface area (Å²) in [6.45, 7) is 6.30. The lowest BCUT2D eigenvalue weighted by Gasteiger charge is -2.30. The highest BCUT2D eigenvalue weighted by Gasteiger charge is 2.40. The molecule has 0 saturated carbocycles. The van der Waals surface area contributed by atoms with E-state index in [1.165, 1.54) is 6.07 Å². The zero-order valence-corrected chi connectivity index (χ0v) is 27.3. The molecule has 0 aliphatic heterocycles. The first-order chi connectivity index (χ1) is 21.6. The summed E-state index contributed by atoms with van der Waals surface area (Å²) in [6, 6.07) is 12.0. The monoisotopic (exact) mass is 681 g/mol. The number of aliphatic hydroxyl groups is 1. The van der Waals surface area contributed by atoms with Gasteiger partial charge in [-0.3, -0.25) is 9.78 Å². The van der Waals surface area contributed by atoms with Gasteiger partial charge in [-0.1, -0.05) is 43.8 Å². The number of rotatable bonds is 16. The Kier molecular flexibility index (Phi) is 12.5. The average molecular weight is 682 g/mol. The van der Waals surface area contributed by atoms with Gasteiger partial charge in [0, 0.05) is 44.4 Å². The van der Waals surface area contributed by atoms with Crippen LogP contribution >= 0.6 is 0 Å². The Hall–Kier alpha value is -3.75. The first-order valence-corrected chi connectivity index (χ1v) is 17.9. The molecule has 0 spiro atoms. The van der Waals surface area contributed by atoms with Gasteiger partial charge in [0.2, 0.25) is 15.9 Å². The van der Waals surface area contributed by atoms with Crippen LogP contribution in [-0.4, -0.2) is 61.7 Å². The van der Waals surface area contributed by atoms with Crippen molar-refractivity contribution in [3.05, 3.63) is 96.0 Å². The molecule has 0 saturated heterocycles. The highest BCUT2D eigenvalue weighted by atomic mass is 32.2. The molecule has 0 aliphatic rings. The summed E-state index contributed by atoms with van der Waals surface area (Å²) in [5.41, 5.74) is 1.88. The molecule has 3 rings (SSSR count). The molecule has 1 amide bonds. The first kappa shape index (κ1) is 36.7. The second-order valence-corrected chi connectivity index (χ2v) is 14.9. The van der Waals surface area contributed by atoms with E-state index in [0.717, 1.165) is 33.1 Å². The highest BCUT2D eigenvalue weighted by molar-refractivity contribution is 7.91. The SMILES string of the molecule is C=C(O)CCS(=O)(=O)CCNC(=O)CCCN([C@@H](C)c1cccc(-c2ccncc2CC)c1)S(=O)(=O)c1ccccc1C(F)(F)F. The number of amides is 1. The molecule has 250 valence electrons. The van der Waals surface area contributed by atoms with Crippen LogP contribution in [0.2, 0.25) is 0 Å². The molecular weight excluding hydrogens is 643 g/mol. The van der Waals surface area contributed by atoms with E-state index in [-0.39, 0.29) is 49.6 Å². The molecule has 1 heterocycles. The first-order valence-electron chi connectivity index (χ1n) is 14.6. The zero-order valence-electron chi connectivity index (χ0n) is 25.6. The smallest absolute Gasteiger partial charge is 0.417 e. The van der Waals surface area contributed by atoms with Gasteiger partial charge in [-0.05, 0) is 66.3 Å². The maximum Gasteiger partial charge on any atom is 0.417 e. The molecular formula is C32H38F3N3O6S2. The molecule has 9 nitrogen and oxygen atoms in total. The summed E-state index contributed by atoms with van der Waals surface area (Å²) in [6.07, 6.45) is -1.23. The molecule has 3 aromatic rings. The predicted octanol–water partition coefficient (Wildman–Crippen LogP) is 5.85. The molecule has 46 heavy (non-hydrogen) atoms. The van der Waals surface area contributed by atoms with Crippen molar-refractivity contribution in [2.45, 2.75) is 56.6 Å². The number of nitrogens with one attached hydrogen (secondary N) is 1. The lowest BCUT2D eigenvalue weighted by molar-refractivity contribution is -0.140.